The molecule has 1 aliphatic carbocycles. The minimum atomic E-state index is 0.0223. The monoisotopic (exact) mass is 235 g/mol. The lowest BCUT2D eigenvalue weighted by molar-refractivity contribution is 0.283. The van der Waals surface area contributed by atoms with Gasteiger partial charge in [0.25, 0.3) is 0 Å². The van der Waals surface area contributed by atoms with Crippen LogP contribution >= 0.6 is 0 Å². The third kappa shape index (κ3) is 2.76. The minimum Gasteiger partial charge on any atom is -0.395 e. The highest BCUT2D eigenvalue weighted by Gasteiger charge is 2.25. The molecule has 0 radical (unpaired) electrons. The predicted molar refractivity (Wildman–Crippen MR) is 68.9 cm³/mol. The summed E-state index contributed by atoms with van der Waals surface area (Å²) in [5.74, 6) is 0.943. The van der Waals surface area contributed by atoms with Gasteiger partial charge in [-0.15, -0.1) is 0 Å². The van der Waals surface area contributed by atoms with Gasteiger partial charge in [0.15, 0.2) is 0 Å². The fraction of sp³-hybridized carbons (Fsp3) is 0.615. The number of anilines is 1. The zero-order valence-electron chi connectivity index (χ0n) is 10.3. The summed E-state index contributed by atoms with van der Waals surface area (Å²) in [6.45, 7) is 2.79. The first kappa shape index (κ1) is 12.3. The molecule has 1 atom stereocenters. The predicted octanol–water partition coefficient (Wildman–Crippen LogP) is 1.45. The molecule has 2 rings (SSSR count). The Labute approximate surface area is 102 Å². The molecular weight excluding hydrogens is 214 g/mol. The maximum atomic E-state index is 9.15. The fourth-order valence-electron chi connectivity index (χ4n) is 2.16. The van der Waals surface area contributed by atoms with E-state index in [1.165, 1.54) is 19.3 Å². The van der Waals surface area contributed by atoms with Crippen molar-refractivity contribution >= 4 is 5.82 Å². The Morgan fingerprint density at radius 1 is 1.59 bits per heavy atom. The van der Waals surface area contributed by atoms with Crippen molar-refractivity contribution < 1.29 is 5.11 Å². The summed E-state index contributed by atoms with van der Waals surface area (Å²) in [7, 11) is 0. The van der Waals surface area contributed by atoms with Crippen LogP contribution in [0.4, 0.5) is 5.82 Å². The van der Waals surface area contributed by atoms with Gasteiger partial charge in [-0.2, -0.15) is 0 Å². The number of nitrogens with zero attached hydrogens (tertiary/aromatic N) is 2. The van der Waals surface area contributed by atoms with E-state index in [1.54, 1.807) is 6.20 Å². The number of rotatable bonds is 5. The molecule has 0 spiro atoms. The first-order chi connectivity index (χ1) is 8.22. The number of aliphatic hydroxyl groups is 1. The normalized spacial score (nSPS) is 17.6. The van der Waals surface area contributed by atoms with Gasteiger partial charge in [0.05, 0.1) is 6.61 Å². The second-order valence-corrected chi connectivity index (χ2v) is 4.74. The van der Waals surface area contributed by atoms with Crippen molar-refractivity contribution in [2.75, 3.05) is 18.1 Å². The smallest absolute Gasteiger partial charge is 0.129 e. The number of nitrogens with two attached hydrogens (primary N) is 1. The van der Waals surface area contributed by atoms with E-state index in [4.69, 9.17) is 10.8 Å². The maximum Gasteiger partial charge on any atom is 0.129 e. The van der Waals surface area contributed by atoms with Gasteiger partial charge in [0, 0.05) is 24.8 Å². The summed E-state index contributed by atoms with van der Waals surface area (Å²) in [5.41, 5.74) is 6.98. The highest BCUT2D eigenvalue weighted by atomic mass is 16.3. The van der Waals surface area contributed by atoms with Crippen LogP contribution in [0, 0.1) is 0 Å². The molecule has 1 heterocycles. The Hall–Kier alpha value is -1.13. The van der Waals surface area contributed by atoms with Crippen LogP contribution in [0.15, 0.2) is 18.3 Å². The number of aliphatic hydroxyl groups excluding tert-OH is 1. The average Bonchev–Trinajstić information content (AvgIpc) is 2.26. The third-order valence-corrected chi connectivity index (χ3v) is 3.45. The molecular formula is C13H21N3O. The quantitative estimate of drug-likeness (QED) is 0.811. The number of hydrogen-bond donors (Lipinski definition) is 2. The van der Waals surface area contributed by atoms with Crippen LogP contribution in [0.25, 0.3) is 0 Å². The van der Waals surface area contributed by atoms with Gasteiger partial charge in [-0.3, -0.25) is 0 Å². The summed E-state index contributed by atoms with van der Waals surface area (Å²) < 4.78 is 0. The highest BCUT2D eigenvalue weighted by molar-refractivity contribution is 5.43. The topological polar surface area (TPSA) is 62.4 Å². The van der Waals surface area contributed by atoms with E-state index in [-0.39, 0.29) is 12.6 Å². The van der Waals surface area contributed by atoms with Gasteiger partial charge < -0.3 is 15.7 Å². The summed E-state index contributed by atoms with van der Waals surface area (Å²) >= 11 is 0. The van der Waals surface area contributed by atoms with E-state index in [2.05, 4.69) is 9.88 Å². The van der Waals surface area contributed by atoms with Gasteiger partial charge in [0.1, 0.15) is 5.82 Å². The second-order valence-electron chi connectivity index (χ2n) is 4.74. The molecule has 1 aliphatic rings. The zero-order valence-corrected chi connectivity index (χ0v) is 10.3. The van der Waals surface area contributed by atoms with E-state index < -0.39 is 0 Å². The van der Waals surface area contributed by atoms with Crippen molar-refractivity contribution in [2.45, 2.75) is 38.3 Å². The number of pyridine rings is 1. The van der Waals surface area contributed by atoms with Crippen LogP contribution in [0.1, 0.15) is 37.8 Å². The first-order valence-corrected chi connectivity index (χ1v) is 6.31. The van der Waals surface area contributed by atoms with Crippen molar-refractivity contribution in [3.8, 4) is 0 Å². The summed E-state index contributed by atoms with van der Waals surface area (Å²) in [6.07, 6.45) is 5.48. The lowest BCUT2D eigenvalue weighted by Crippen LogP contribution is -2.42. The Bertz CT molecular complexity index is 363. The molecule has 0 bridgehead atoms. The van der Waals surface area contributed by atoms with Gasteiger partial charge >= 0.3 is 0 Å². The molecule has 1 unspecified atom stereocenters. The number of aromatic nitrogens is 1. The van der Waals surface area contributed by atoms with E-state index in [9.17, 15) is 0 Å². The Balaban J connectivity index is 2.19. The summed E-state index contributed by atoms with van der Waals surface area (Å²) in [6, 6.07) is 4.55. The van der Waals surface area contributed by atoms with Crippen LogP contribution < -0.4 is 10.6 Å². The number of hydrogen-bond acceptors (Lipinski definition) is 4. The molecule has 1 fully saturated rings. The molecule has 1 aromatic rings. The molecule has 0 amide bonds. The van der Waals surface area contributed by atoms with Crippen LogP contribution in [-0.2, 0) is 0 Å². The van der Waals surface area contributed by atoms with Crippen molar-refractivity contribution in [1.82, 2.24) is 4.98 Å². The molecule has 4 heteroatoms. The van der Waals surface area contributed by atoms with Crippen molar-refractivity contribution in [2.24, 2.45) is 5.73 Å². The third-order valence-electron chi connectivity index (χ3n) is 3.45. The zero-order chi connectivity index (χ0) is 12.3. The van der Waals surface area contributed by atoms with Crippen molar-refractivity contribution in [1.29, 1.82) is 0 Å². The molecule has 94 valence electrons. The van der Waals surface area contributed by atoms with Crippen LogP contribution in [0.3, 0.4) is 0 Å². The van der Waals surface area contributed by atoms with Crippen molar-refractivity contribution in [3.05, 3.63) is 23.9 Å². The Kier molecular flexibility index (Phi) is 3.97. The minimum absolute atomic E-state index is 0.0223. The first-order valence-electron chi connectivity index (χ1n) is 6.31. The van der Waals surface area contributed by atoms with Gasteiger partial charge in [-0.1, -0.05) is 0 Å². The molecule has 1 saturated carbocycles. The Morgan fingerprint density at radius 3 is 2.88 bits per heavy atom. The summed E-state index contributed by atoms with van der Waals surface area (Å²) in [4.78, 5) is 6.61. The lowest BCUT2D eigenvalue weighted by atomic mass is 9.91. The van der Waals surface area contributed by atoms with E-state index in [0.717, 1.165) is 11.4 Å². The maximum absolute atomic E-state index is 9.15. The Morgan fingerprint density at radius 2 is 2.35 bits per heavy atom. The van der Waals surface area contributed by atoms with E-state index in [1.807, 2.05) is 19.1 Å². The molecule has 0 aromatic carbocycles. The molecule has 0 aliphatic heterocycles. The molecule has 0 saturated heterocycles. The van der Waals surface area contributed by atoms with E-state index >= 15 is 0 Å². The van der Waals surface area contributed by atoms with Crippen molar-refractivity contribution in [3.63, 3.8) is 0 Å². The lowest BCUT2D eigenvalue weighted by Gasteiger charge is -2.38. The van der Waals surface area contributed by atoms with E-state index in [0.29, 0.717) is 12.6 Å². The molecule has 17 heavy (non-hydrogen) atoms. The van der Waals surface area contributed by atoms with Gasteiger partial charge in [0.2, 0.25) is 0 Å². The average molecular weight is 235 g/mol. The van der Waals surface area contributed by atoms with Crippen LogP contribution in [0.2, 0.25) is 0 Å². The van der Waals surface area contributed by atoms with Gasteiger partial charge in [-0.05, 0) is 43.9 Å². The molecule has 1 aromatic heterocycles. The largest absolute Gasteiger partial charge is 0.395 e. The van der Waals surface area contributed by atoms with Crippen LogP contribution in [0.5, 0.6) is 0 Å². The standard InChI is InChI=1S/C13H21N3O/c1-10(14)11-5-6-15-13(9-11)16(7-8-17)12-3-2-4-12/h5-6,9-10,12,17H,2-4,7-8,14H2,1H3. The molecule has 4 nitrogen and oxygen atoms in total. The SMILES string of the molecule is CC(N)c1ccnc(N(CCO)C2CCC2)c1. The van der Waals surface area contributed by atoms with Crippen LogP contribution in [-0.4, -0.2) is 29.3 Å². The summed E-state index contributed by atoms with van der Waals surface area (Å²) in [5, 5.41) is 9.15. The molecule has 3 N–H and O–H groups in total. The fourth-order valence-corrected chi connectivity index (χ4v) is 2.16. The second kappa shape index (κ2) is 5.47. The van der Waals surface area contributed by atoms with Gasteiger partial charge in [-0.25, -0.2) is 4.98 Å². The highest BCUT2D eigenvalue weighted by Crippen LogP contribution is 2.29.